The number of nitrogens with zero attached hydrogens (tertiary/aromatic N) is 2. The highest BCUT2D eigenvalue weighted by molar-refractivity contribution is 7.92. The fourth-order valence-corrected chi connectivity index (χ4v) is 5.69. The topological polar surface area (TPSA) is 86.8 Å². The van der Waals surface area contributed by atoms with Gasteiger partial charge >= 0.3 is 0 Å². The van der Waals surface area contributed by atoms with Gasteiger partial charge in [-0.15, -0.1) is 0 Å². The van der Waals surface area contributed by atoms with Crippen molar-refractivity contribution in [2.24, 2.45) is 0 Å². The molecule has 9 heteroatoms. The summed E-state index contributed by atoms with van der Waals surface area (Å²) in [4.78, 5) is 28.6. The smallest absolute Gasteiger partial charge is 0.264 e. The molecule has 0 radical (unpaired) electrons. The van der Waals surface area contributed by atoms with Crippen LogP contribution in [0.25, 0.3) is 0 Å². The number of amides is 2. The van der Waals surface area contributed by atoms with Crippen LogP contribution in [-0.2, 0) is 26.2 Å². The lowest BCUT2D eigenvalue weighted by Gasteiger charge is -2.33. The first-order chi connectivity index (χ1) is 18.6. The van der Waals surface area contributed by atoms with Gasteiger partial charge in [-0.2, -0.15) is 0 Å². The van der Waals surface area contributed by atoms with E-state index in [9.17, 15) is 18.0 Å². The molecule has 39 heavy (non-hydrogen) atoms. The highest BCUT2D eigenvalue weighted by Gasteiger charge is 2.33. The number of benzene rings is 3. The lowest BCUT2D eigenvalue weighted by Crippen LogP contribution is -2.52. The minimum Gasteiger partial charge on any atom is -0.354 e. The number of hydrogen-bond donors (Lipinski definition) is 1. The van der Waals surface area contributed by atoms with Crippen molar-refractivity contribution in [1.82, 2.24) is 10.2 Å². The van der Waals surface area contributed by atoms with Crippen molar-refractivity contribution < 1.29 is 18.0 Å². The summed E-state index contributed by atoms with van der Waals surface area (Å²) in [5.41, 5.74) is 3.13. The standard InChI is InChI=1S/C30H36ClN3O4S/c1-5-19-32-30(36)28(6-2)33(20-24-11-7-22(3)8-12-24)29(35)21-34(26-15-13-25(31)14-16-26)39(37,38)27-17-9-23(4)10-18-27/h7-18,28H,5-6,19-21H2,1-4H3,(H,32,36)/t28-/m0/s1. The predicted molar refractivity (Wildman–Crippen MR) is 156 cm³/mol. The summed E-state index contributed by atoms with van der Waals surface area (Å²) in [6.45, 7) is 7.80. The first-order valence-corrected chi connectivity index (χ1v) is 14.9. The van der Waals surface area contributed by atoms with E-state index in [0.29, 0.717) is 23.7 Å². The summed E-state index contributed by atoms with van der Waals surface area (Å²) in [5.74, 6) is -0.751. The second-order valence-corrected chi connectivity index (χ2v) is 11.8. The van der Waals surface area contributed by atoms with Gasteiger partial charge in [0.2, 0.25) is 11.8 Å². The van der Waals surface area contributed by atoms with Gasteiger partial charge in [0.15, 0.2) is 0 Å². The Morgan fingerprint density at radius 2 is 1.44 bits per heavy atom. The van der Waals surface area contributed by atoms with E-state index >= 15 is 0 Å². The van der Waals surface area contributed by atoms with E-state index in [-0.39, 0.29) is 17.3 Å². The molecule has 0 aliphatic carbocycles. The van der Waals surface area contributed by atoms with E-state index in [1.54, 1.807) is 36.4 Å². The van der Waals surface area contributed by atoms with Crippen molar-refractivity contribution in [2.75, 3.05) is 17.4 Å². The number of carbonyl (C=O) groups is 2. The molecule has 2 amide bonds. The summed E-state index contributed by atoms with van der Waals surface area (Å²) in [6.07, 6.45) is 1.13. The van der Waals surface area contributed by atoms with Crippen LogP contribution in [0.15, 0.2) is 77.7 Å². The first kappa shape index (κ1) is 30.2. The normalized spacial score (nSPS) is 12.0. The van der Waals surface area contributed by atoms with Gasteiger partial charge in [0, 0.05) is 18.1 Å². The Labute approximate surface area is 236 Å². The van der Waals surface area contributed by atoms with Gasteiger partial charge in [-0.1, -0.05) is 73.0 Å². The maximum absolute atomic E-state index is 14.0. The Balaban J connectivity index is 2.03. The van der Waals surface area contributed by atoms with Crippen LogP contribution in [0.2, 0.25) is 5.02 Å². The molecule has 0 heterocycles. The Morgan fingerprint density at radius 3 is 1.97 bits per heavy atom. The molecule has 7 nitrogen and oxygen atoms in total. The van der Waals surface area contributed by atoms with Crippen LogP contribution >= 0.6 is 11.6 Å². The monoisotopic (exact) mass is 569 g/mol. The van der Waals surface area contributed by atoms with Gasteiger partial charge in [0.1, 0.15) is 12.6 Å². The Hall–Kier alpha value is -3.36. The van der Waals surface area contributed by atoms with Gasteiger partial charge in [-0.3, -0.25) is 13.9 Å². The third kappa shape index (κ3) is 7.83. The minimum atomic E-state index is -4.12. The molecule has 0 bridgehead atoms. The molecule has 1 N–H and O–H groups in total. The van der Waals surface area contributed by atoms with Crippen LogP contribution in [0.4, 0.5) is 5.69 Å². The number of hydrogen-bond acceptors (Lipinski definition) is 4. The summed E-state index contributed by atoms with van der Waals surface area (Å²) in [7, 11) is -4.12. The van der Waals surface area contributed by atoms with Crippen molar-refractivity contribution in [2.45, 2.75) is 58.0 Å². The maximum atomic E-state index is 14.0. The average molecular weight is 570 g/mol. The third-order valence-corrected chi connectivity index (χ3v) is 8.45. The summed E-state index contributed by atoms with van der Waals surface area (Å²) >= 11 is 6.07. The van der Waals surface area contributed by atoms with Gasteiger partial charge in [0.25, 0.3) is 10.0 Å². The Morgan fingerprint density at radius 1 is 0.872 bits per heavy atom. The quantitative estimate of drug-likeness (QED) is 0.313. The molecular formula is C30H36ClN3O4S. The fourth-order valence-electron chi connectivity index (χ4n) is 4.15. The second-order valence-electron chi connectivity index (χ2n) is 9.52. The number of halogens is 1. The number of rotatable bonds is 12. The van der Waals surface area contributed by atoms with Crippen molar-refractivity contribution in [1.29, 1.82) is 0 Å². The molecule has 1 atom stereocenters. The van der Waals surface area contributed by atoms with Crippen molar-refractivity contribution in [3.63, 3.8) is 0 Å². The van der Waals surface area contributed by atoms with E-state index in [4.69, 9.17) is 11.6 Å². The molecule has 0 aromatic heterocycles. The molecule has 0 saturated carbocycles. The van der Waals surface area contributed by atoms with Crippen LogP contribution < -0.4 is 9.62 Å². The Kier molecular flexibility index (Phi) is 10.5. The van der Waals surface area contributed by atoms with E-state index in [1.165, 1.54) is 17.0 Å². The predicted octanol–water partition coefficient (Wildman–Crippen LogP) is 5.49. The highest BCUT2D eigenvalue weighted by Crippen LogP contribution is 2.26. The third-order valence-electron chi connectivity index (χ3n) is 6.41. The van der Waals surface area contributed by atoms with Crippen LogP contribution in [0.3, 0.4) is 0 Å². The highest BCUT2D eigenvalue weighted by atomic mass is 35.5. The van der Waals surface area contributed by atoms with Gasteiger partial charge in [-0.25, -0.2) is 8.42 Å². The number of aryl methyl sites for hydroxylation is 2. The summed E-state index contributed by atoms with van der Waals surface area (Å²) < 4.78 is 28.8. The Bertz CT molecular complexity index is 1360. The first-order valence-electron chi connectivity index (χ1n) is 13.0. The number of sulfonamides is 1. The van der Waals surface area contributed by atoms with E-state index in [2.05, 4.69) is 5.32 Å². The minimum absolute atomic E-state index is 0.0636. The number of carbonyl (C=O) groups excluding carboxylic acids is 2. The molecule has 0 spiro atoms. The number of nitrogens with one attached hydrogen (secondary N) is 1. The van der Waals surface area contributed by atoms with Crippen LogP contribution in [-0.4, -0.2) is 44.3 Å². The van der Waals surface area contributed by atoms with E-state index in [0.717, 1.165) is 27.4 Å². The van der Waals surface area contributed by atoms with Crippen LogP contribution in [0.1, 0.15) is 43.4 Å². The zero-order valence-corrected chi connectivity index (χ0v) is 24.4. The summed E-state index contributed by atoms with van der Waals surface area (Å²) in [6, 6.07) is 19.7. The number of anilines is 1. The van der Waals surface area contributed by atoms with Crippen molar-refractivity contribution in [3.8, 4) is 0 Å². The molecule has 0 aliphatic rings. The average Bonchev–Trinajstić information content (AvgIpc) is 2.92. The molecule has 0 aliphatic heterocycles. The molecule has 3 rings (SSSR count). The van der Waals surface area contributed by atoms with Crippen molar-refractivity contribution in [3.05, 3.63) is 94.5 Å². The SMILES string of the molecule is CCCNC(=O)[C@H](CC)N(Cc1ccc(C)cc1)C(=O)CN(c1ccc(Cl)cc1)S(=O)(=O)c1ccc(C)cc1. The van der Waals surface area contributed by atoms with Crippen LogP contribution in [0.5, 0.6) is 0 Å². The van der Waals surface area contributed by atoms with Gasteiger partial charge in [-0.05, 0) is 68.7 Å². The van der Waals surface area contributed by atoms with Crippen molar-refractivity contribution >= 4 is 39.1 Å². The van der Waals surface area contributed by atoms with Gasteiger partial charge in [0.05, 0.1) is 10.6 Å². The molecule has 0 fully saturated rings. The molecule has 3 aromatic carbocycles. The fraction of sp³-hybridized carbons (Fsp3) is 0.333. The molecule has 0 unspecified atom stereocenters. The zero-order valence-electron chi connectivity index (χ0n) is 22.9. The van der Waals surface area contributed by atoms with E-state index in [1.807, 2.05) is 52.0 Å². The zero-order chi connectivity index (χ0) is 28.6. The lowest BCUT2D eigenvalue weighted by molar-refractivity contribution is -0.140. The lowest BCUT2D eigenvalue weighted by atomic mass is 10.1. The van der Waals surface area contributed by atoms with Crippen LogP contribution in [0, 0.1) is 13.8 Å². The van der Waals surface area contributed by atoms with Gasteiger partial charge < -0.3 is 10.2 Å². The molecular weight excluding hydrogens is 534 g/mol. The second kappa shape index (κ2) is 13.6. The molecule has 0 saturated heterocycles. The molecule has 208 valence electrons. The molecule has 3 aromatic rings. The maximum Gasteiger partial charge on any atom is 0.264 e. The largest absolute Gasteiger partial charge is 0.354 e. The summed E-state index contributed by atoms with van der Waals surface area (Å²) in [5, 5.41) is 3.33. The van der Waals surface area contributed by atoms with E-state index < -0.39 is 28.5 Å².